The van der Waals surface area contributed by atoms with Crippen molar-refractivity contribution in [2.45, 2.75) is 70.2 Å². The smallest absolute Gasteiger partial charge is 0.347 e. The summed E-state index contributed by atoms with van der Waals surface area (Å²) in [5.41, 5.74) is 0. The molecule has 2 amide bonds. The Kier molecular flexibility index (Phi) is 4.28. The molecule has 0 aromatic heterocycles. The fourth-order valence-electron chi connectivity index (χ4n) is 3.65. The average Bonchev–Trinajstić information content (AvgIpc) is 3.07. The van der Waals surface area contributed by atoms with E-state index < -0.39 is 6.04 Å². The number of likely N-dealkylation sites (tertiary alicyclic amines) is 1. The monoisotopic (exact) mass is 297 g/mol. The number of hydrogen-bond donors (Lipinski definition) is 1. The highest BCUT2D eigenvalue weighted by atomic mass is 16.8. The van der Waals surface area contributed by atoms with Crippen LogP contribution in [0.1, 0.15) is 51.9 Å². The number of ether oxygens (including phenoxy) is 1. The van der Waals surface area contributed by atoms with Crippen molar-refractivity contribution in [3.63, 3.8) is 0 Å². The highest BCUT2D eigenvalue weighted by Crippen LogP contribution is 2.33. The van der Waals surface area contributed by atoms with Crippen LogP contribution in [0.3, 0.4) is 0 Å². The van der Waals surface area contributed by atoms with Gasteiger partial charge in [-0.2, -0.15) is 4.84 Å². The van der Waals surface area contributed by atoms with E-state index in [1.165, 1.54) is 0 Å². The first-order valence-corrected chi connectivity index (χ1v) is 8.13. The van der Waals surface area contributed by atoms with E-state index in [9.17, 15) is 9.59 Å². The standard InChI is InChI=1S/C15H24N2O4/c1-11-5-4-9-17(11,21-14-6-2-3-10-20-14)15(19)12-7-8-13(18)16-12/h11-12,14H,2-10H2,1H3/p+1/t11-,12+,14?,17?/m1/s1. The molecule has 6 heteroatoms. The van der Waals surface area contributed by atoms with Crippen molar-refractivity contribution in [1.29, 1.82) is 0 Å². The molecule has 3 saturated heterocycles. The third-order valence-corrected chi connectivity index (χ3v) is 4.93. The van der Waals surface area contributed by atoms with Gasteiger partial charge in [-0.1, -0.05) is 0 Å². The van der Waals surface area contributed by atoms with Crippen LogP contribution in [0.5, 0.6) is 0 Å². The predicted octanol–water partition coefficient (Wildman–Crippen LogP) is 1.25. The largest absolute Gasteiger partial charge is 0.368 e. The number of carbonyl (C=O) groups excluding carboxylic acids is 2. The molecule has 3 fully saturated rings. The Morgan fingerprint density at radius 3 is 2.71 bits per heavy atom. The highest BCUT2D eigenvalue weighted by Gasteiger charge is 2.54. The molecule has 4 atom stereocenters. The molecule has 6 nitrogen and oxygen atoms in total. The van der Waals surface area contributed by atoms with Crippen LogP contribution in [0, 0.1) is 0 Å². The fraction of sp³-hybridized carbons (Fsp3) is 0.867. The van der Waals surface area contributed by atoms with Crippen LogP contribution in [0.25, 0.3) is 0 Å². The summed E-state index contributed by atoms with van der Waals surface area (Å²) in [4.78, 5) is 30.6. The average molecular weight is 297 g/mol. The molecular weight excluding hydrogens is 272 g/mol. The lowest BCUT2D eigenvalue weighted by atomic mass is 10.1. The van der Waals surface area contributed by atoms with Crippen LogP contribution in [0.15, 0.2) is 0 Å². The SMILES string of the molecule is C[C@@H]1CCC[N+]1(OC1CCCCO1)C(=O)[C@@H]1CCC(=O)N1. The predicted molar refractivity (Wildman–Crippen MR) is 74.7 cm³/mol. The number of nitrogens with one attached hydrogen (secondary N) is 1. The zero-order valence-corrected chi connectivity index (χ0v) is 12.7. The maximum absolute atomic E-state index is 13.0. The third-order valence-electron chi connectivity index (χ3n) is 4.93. The van der Waals surface area contributed by atoms with E-state index in [-0.39, 0.29) is 28.8 Å². The van der Waals surface area contributed by atoms with Crippen LogP contribution in [-0.4, -0.2) is 48.0 Å². The first-order valence-electron chi connectivity index (χ1n) is 8.13. The van der Waals surface area contributed by atoms with Crippen molar-refractivity contribution in [1.82, 2.24) is 5.32 Å². The number of rotatable bonds is 3. The van der Waals surface area contributed by atoms with E-state index in [4.69, 9.17) is 9.57 Å². The summed E-state index contributed by atoms with van der Waals surface area (Å²) in [6.07, 6.45) is 5.65. The van der Waals surface area contributed by atoms with Gasteiger partial charge in [-0.15, -0.1) is 4.65 Å². The normalized spacial score (nSPS) is 40.2. The highest BCUT2D eigenvalue weighted by molar-refractivity contribution is 5.87. The molecule has 0 aliphatic carbocycles. The minimum absolute atomic E-state index is 0.0000217. The second-order valence-corrected chi connectivity index (χ2v) is 6.41. The van der Waals surface area contributed by atoms with Gasteiger partial charge in [-0.05, 0) is 26.2 Å². The van der Waals surface area contributed by atoms with E-state index in [1.807, 2.05) is 0 Å². The van der Waals surface area contributed by atoms with Crippen molar-refractivity contribution in [2.24, 2.45) is 0 Å². The van der Waals surface area contributed by atoms with Gasteiger partial charge in [0, 0.05) is 32.3 Å². The zero-order valence-electron chi connectivity index (χ0n) is 12.7. The summed E-state index contributed by atoms with van der Waals surface area (Å²) in [6, 6.07) is -0.276. The van der Waals surface area contributed by atoms with E-state index in [0.29, 0.717) is 26.0 Å². The lowest BCUT2D eigenvalue weighted by Gasteiger charge is -2.37. The summed E-state index contributed by atoms with van der Waals surface area (Å²) in [7, 11) is 0. The Hall–Kier alpha value is -0.980. The molecule has 3 aliphatic rings. The molecule has 3 rings (SSSR count). The van der Waals surface area contributed by atoms with Gasteiger partial charge >= 0.3 is 5.91 Å². The molecule has 0 saturated carbocycles. The minimum Gasteiger partial charge on any atom is -0.347 e. The molecule has 3 heterocycles. The minimum atomic E-state index is -0.401. The first kappa shape index (κ1) is 14.9. The summed E-state index contributed by atoms with van der Waals surface area (Å²) in [6.45, 7) is 3.45. The first-order chi connectivity index (χ1) is 10.1. The number of hydroxylamine groups is 3. The van der Waals surface area contributed by atoms with E-state index in [1.54, 1.807) is 0 Å². The zero-order chi connectivity index (χ0) is 14.9. The van der Waals surface area contributed by atoms with Gasteiger partial charge in [0.25, 0.3) is 0 Å². The van der Waals surface area contributed by atoms with Crippen LogP contribution >= 0.6 is 0 Å². The van der Waals surface area contributed by atoms with Gasteiger partial charge in [-0.25, -0.2) is 4.79 Å². The quantitative estimate of drug-likeness (QED) is 0.796. The molecule has 2 unspecified atom stereocenters. The number of carbonyl (C=O) groups is 2. The molecule has 0 aromatic rings. The summed E-state index contributed by atoms with van der Waals surface area (Å²) in [5, 5.41) is 2.79. The molecule has 1 N–H and O–H groups in total. The van der Waals surface area contributed by atoms with Crippen molar-refractivity contribution < 1.29 is 23.8 Å². The number of quaternary nitrogens is 1. The number of nitrogens with zero attached hydrogens (tertiary/aromatic N) is 1. The molecule has 118 valence electrons. The molecule has 0 bridgehead atoms. The second-order valence-electron chi connectivity index (χ2n) is 6.41. The number of hydrogen-bond acceptors (Lipinski definition) is 4. The summed E-state index contributed by atoms with van der Waals surface area (Å²) >= 11 is 0. The maximum Gasteiger partial charge on any atom is 0.368 e. The lowest BCUT2D eigenvalue weighted by Crippen LogP contribution is -2.62. The van der Waals surface area contributed by atoms with Gasteiger partial charge in [0.15, 0.2) is 0 Å². The van der Waals surface area contributed by atoms with Crippen LogP contribution in [0.4, 0.5) is 0 Å². The Balaban J connectivity index is 1.76. The van der Waals surface area contributed by atoms with Crippen molar-refractivity contribution in [3.8, 4) is 0 Å². The Morgan fingerprint density at radius 2 is 2.14 bits per heavy atom. The maximum atomic E-state index is 13.0. The van der Waals surface area contributed by atoms with Crippen LogP contribution in [-0.2, 0) is 19.2 Å². The van der Waals surface area contributed by atoms with Crippen molar-refractivity contribution >= 4 is 11.8 Å². The van der Waals surface area contributed by atoms with Gasteiger partial charge in [0.1, 0.15) is 18.6 Å². The lowest BCUT2D eigenvalue weighted by molar-refractivity contribution is -1.06. The molecule has 0 spiro atoms. The fourth-order valence-corrected chi connectivity index (χ4v) is 3.65. The van der Waals surface area contributed by atoms with Crippen molar-refractivity contribution in [3.05, 3.63) is 0 Å². The molecule has 0 radical (unpaired) electrons. The van der Waals surface area contributed by atoms with E-state index >= 15 is 0 Å². The van der Waals surface area contributed by atoms with Crippen LogP contribution in [0.2, 0.25) is 0 Å². The second kappa shape index (κ2) is 6.02. The Morgan fingerprint density at radius 1 is 1.29 bits per heavy atom. The molecular formula is C15H25N2O4+. The number of amides is 2. The van der Waals surface area contributed by atoms with E-state index in [0.717, 1.165) is 32.1 Å². The summed E-state index contributed by atoms with van der Waals surface area (Å²) in [5.74, 6) is -0.0349. The molecule has 0 aromatic carbocycles. The topological polar surface area (TPSA) is 64.6 Å². The Labute approximate surface area is 125 Å². The van der Waals surface area contributed by atoms with Gasteiger partial charge in [0.05, 0.1) is 0 Å². The van der Waals surface area contributed by atoms with Gasteiger partial charge < -0.3 is 10.1 Å². The van der Waals surface area contributed by atoms with Crippen LogP contribution < -0.4 is 5.32 Å². The van der Waals surface area contributed by atoms with Gasteiger partial charge in [0.2, 0.25) is 12.2 Å². The summed E-state index contributed by atoms with van der Waals surface area (Å²) < 4.78 is 5.69. The molecule has 3 aliphatic heterocycles. The third kappa shape index (κ3) is 2.84. The van der Waals surface area contributed by atoms with E-state index in [2.05, 4.69) is 12.2 Å². The molecule has 21 heavy (non-hydrogen) atoms. The van der Waals surface area contributed by atoms with Gasteiger partial charge in [-0.3, -0.25) is 4.79 Å². The van der Waals surface area contributed by atoms with Crippen molar-refractivity contribution in [2.75, 3.05) is 13.2 Å². The Bertz CT molecular complexity index is 422.